The van der Waals surface area contributed by atoms with Gasteiger partial charge in [0.05, 0.1) is 25.5 Å². The molecule has 2 aromatic rings. The lowest BCUT2D eigenvalue weighted by Gasteiger charge is -2.26. The van der Waals surface area contributed by atoms with Gasteiger partial charge in [0.25, 0.3) is 5.91 Å². The number of hydrogen-bond acceptors (Lipinski definition) is 5. The third kappa shape index (κ3) is 5.65. The molecule has 0 spiro atoms. The molecule has 2 amide bonds. The lowest BCUT2D eigenvalue weighted by Crippen LogP contribution is -2.43. The van der Waals surface area contributed by atoms with Crippen LogP contribution in [-0.4, -0.2) is 72.4 Å². The van der Waals surface area contributed by atoms with Crippen LogP contribution in [0.2, 0.25) is 0 Å². The molecule has 0 atom stereocenters. The minimum Gasteiger partial charge on any atom is -0.379 e. The van der Waals surface area contributed by atoms with Crippen LogP contribution in [0.25, 0.3) is 11.3 Å². The molecule has 0 radical (unpaired) electrons. The van der Waals surface area contributed by atoms with Gasteiger partial charge >= 0.3 is 0 Å². The third-order valence-electron chi connectivity index (χ3n) is 5.18. The zero-order chi connectivity index (χ0) is 20.8. The van der Waals surface area contributed by atoms with E-state index in [0.29, 0.717) is 12.2 Å². The summed E-state index contributed by atoms with van der Waals surface area (Å²) in [5.41, 5.74) is 4.55. The molecule has 1 saturated heterocycles. The number of nitrogens with zero attached hydrogens (tertiary/aromatic N) is 3. The van der Waals surface area contributed by atoms with Crippen LogP contribution in [0.4, 0.5) is 0 Å². The number of benzene rings is 1. The predicted octanol–water partition coefficient (Wildman–Crippen LogP) is 0.882. The van der Waals surface area contributed by atoms with Gasteiger partial charge in [-0.3, -0.25) is 19.2 Å². The first-order valence-corrected chi connectivity index (χ1v) is 9.90. The van der Waals surface area contributed by atoms with Crippen molar-refractivity contribution in [1.82, 2.24) is 25.3 Å². The highest BCUT2D eigenvalue weighted by Crippen LogP contribution is 2.22. The van der Waals surface area contributed by atoms with Crippen molar-refractivity contribution in [2.24, 2.45) is 7.05 Å². The molecule has 156 valence electrons. The van der Waals surface area contributed by atoms with E-state index >= 15 is 0 Å². The van der Waals surface area contributed by atoms with Gasteiger partial charge in [0.15, 0.2) is 5.69 Å². The summed E-state index contributed by atoms with van der Waals surface area (Å²) in [4.78, 5) is 26.6. The molecular formula is C21H29N5O3. The SMILES string of the molecule is Cc1ccc(-c2cc(C(=O)NCC(=O)NCCN3CCOCC3)nn2C)cc1C. The van der Waals surface area contributed by atoms with E-state index in [1.54, 1.807) is 17.8 Å². The predicted molar refractivity (Wildman–Crippen MR) is 111 cm³/mol. The van der Waals surface area contributed by atoms with Crippen LogP contribution < -0.4 is 10.6 Å². The van der Waals surface area contributed by atoms with E-state index in [-0.39, 0.29) is 18.4 Å². The van der Waals surface area contributed by atoms with Crippen molar-refractivity contribution < 1.29 is 14.3 Å². The van der Waals surface area contributed by atoms with Crippen LogP contribution in [-0.2, 0) is 16.6 Å². The fraction of sp³-hybridized carbons (Fsp3) is 0.476. The highest BCUT2D eigenvalue weighted by atomic mass is 16.5. The van der Waals surface area contributed by atoms with Crippen LogP contribution in [0.1, 0.15) is 21.6 Å². The summed E-state index contributed by atoms with van der Waals surface area (Å²) in [5.74, 6) is -0.573. The molecule has 29 heavy (non-hydrogen) atoms. The summed E-state index contributed by atoms with van der Waals surface area (Å²) in [6, 6.07) is 7.90. The molecule has 0 unspecified atom stereocenters. The largest absolute Gasteiger partial charge is 0.379 e. The quantitative estimate of drug-likeness (QED) is 0.722. The Hall–Kier alpha value is -2.71. The number of amides is 2. The number of ether oxygens (including phenoxy) is 1. The maximum Gasteiger partial charge on any atom is 0.272 e. The minimum atomic E-state index is -0.362. The second kappa shape index (κ2) is 9.67. The Morgan fingerprint density at radius 1 is 1.10 bits per heavy atom. The van der Waals surface area contributed by atoms with Crippen LogP contribution >= 0.6 is 0 Å². The van der Waals surface area contributed by atoms with Crippen LogP contribution in [0.15, 0.2) is 24.3 Å². The van der Waals surface area contributed by atoms with Crippen molar-refractivity contribution in [1.29, 1.82) is 0 Å². The summed E-state index contributed by atoms with van der Waals surface area (Å²) in [5, 5.41) is 9.76. The molecule has 1 aliphatic heterocycles. The van der Waals surface area contributed by atoms with Crippen LogP contribution in [0.5, 0.6) is 0 Å². The number of aryl methyl sites for hydroxylation is 3. The van der Waals surface area contributed by atoms with Gasteiger partial charge in [-0.15, -0.1) is 0 Å². The van der Waals surface area contributed by atoms with E-state index in [1.807, 2.05) is 6.07 Å². The topological polar surface area (TPSA) is 88.5 Å². The number of carbonyl (C=O) groups is 2. The van der Waals surface area contributed by atoms with Gasteiger partial charge in [-0.1, -0.05) is 12.1 Å². The van der Waals surface area contributed by atoms with E-state index in [1.165, 1.54) is 11.1 Å². The number of hydrogen-bond donors (Lipinski definition) is 2. The lowest BCUT2D eigenvalue weighted by atomic mass is 10.0. The van der Waals surface area contributed by atoms with Gasteiger partial charge in [0, 0.05) is 38.8 Å². The Balaban J connectivity index is 1.49. The molecule has 3 rings (SSSR count). The van der Waals surface area contributed by atoms with E-state index in [2.05, 4.69) is 46.6 Å². The van der Waals surface area contributed by atoms with Gasteiger partial charge in [0.1, 0.15) is 0 Å². The maximum atomic E-state index is 12.4. The standard InChI is InChI=1S/C21H29N5O3/c1-15-4-5-17(12-16(15)2)19-13-18(24-25(19)3)21(28)23-14-20(27)22-6-7-26-8-10-29-11-9-26/h4-5,12-13H,6-11,14H2,1-3H3,(H,22,27)(H,23,28). The maximum absolute atomic E-state index is 12.4. The van der Waals surface area contributed by atoms with Gasteiger partial charge in [0.2, 0.25) is 5.91 Å². The molecule has 2 N–H and O–H groups in total. The lowest BCUT2D eigenvalue weighted by molar-refractivity contribution is -0.120. The second-order valence-corrected chi connectivity index (χ2v) is 7.32. The van der Waals surface area contributed by atoms with E-state index in [9.17, 15) is 9.59 Å². The Morgan fingerprint density at radius 3 is 2.59 bits per heavy atom. The van der Waals surface area contributed by atoms with Crippen molar-refractivity contribution in [3.63, 3.8) is 0 Å². The highest BCUT2D eigenvalue weighted by molar-refractivity contribution is 5.95. The molecule has 1 fully saturated rings. The highest BCUT2D eigenvalue weighted by Gasteiger charge is 2.15. The molecule has 1 aromatic carbocycles. The molecule has 8 nitrogen and oxygen atoms in total. The number of rotatable bonds is 7. The zero-order valence-corrected chi connectivity index (χ0v) is 17.3. The minimum absolute atomic E-state index is 0.0719. The Labute approximate surface area is 171 Å². The fourth-order valence-electron chi connectivity index (χ4n) is 3.24. The monoisotopic (exact) mass is 399 g/mol. The van der Waals surface area contributed by atoms with Gasteiger partial charge in [-0.25, -0.2) is 0 Å². The third-order valence-corrected chi connectivity index (χ3v) is 5.18. The fourth-order valence-corrected chi connectivity index (χ4v) is 3.24. The van der Waals surface area contributed by atoms with Crippen LogP contribution in [0, 0.1) is 13.8 Å². The second-order valence-electron chi connectivity index (χ2n) is 7.32. The van der Waals surface area contributed by atoms with E-state index in [0.717, 1.165) is 44.1 Å². The van der Waals surface area contributed by atoms with Crippen molar-refractivity contribution >= 4 is 11.8 Å². The zero-order valence-electron chi connectivity index (χ0n) is 17.3. The average Bonchev–Trinajstić information content (AvgIpc) is 3.11. The van der Waals surface area contributed by atoms with Gasteiger partial charge in [-0.05, 0) is 37.1 Å². The summed E-state index contributed by atoms with van der Waals surface area (Å²) >= 11 is 0. The molecule has 1 aromatic heterocycles. The summed E-state index contributed by atoms with van der Waals surface area (Å²) in [6.07, 6.45) is 0. The number of nitrogens with one attached hydrogen (secondary N) is 2. The first-order chi connectivity index (χ1) is 13.9. The number of aromatic nitrogens is 2. The summed E-state index contributed by atoms with van der Waals surface area (Å²) in [6.45, 7) is 8.61. The first kappa shape index (κ1) is 21.0. The number of carbonyl (C=O) groups excluding carboxylic acids is 2. The molecular weight excluding hydrogens is 370 g/mol. The Kier molecular flexibility index (Phi) is 7.00. The van der Waals surface area contributed by atoms with Gasteiger partial charge < -0.3 is 15.4 Å². The molecule has 0 aliphatic carbocycles. The normalized spacial score (nSPS) is 14.6. The molecule has 2 heterocycles. The summed E-state index contributed by atoms with van der Waals surface area (Å²) in [7, 11) is 1.81. The Bertz CT molecular complexity index is 871. The molecule has 1 aliphatic rings. The van der Waals surface area contributed by atoms with Gasteiger partial charge in [-0.2, -0.15) is 5.10 Å². The summed E-state index contributed by atoms with van der Waals surface area (Å²) < 4.78 is 6.98. The average molecular weight is 399 g/mol. The Morgan fingerprint density at radius 2 is 1.86 bits per heavy atom. The smallest absolute Gasteiger partial charge is 0.272 e. The first-order valence-electron chi connectivity index (χ1n) is 9.90. The molecule has 8 heteroatoms. The molecule has 0 saturated carbocycles. The van der Waals surface area contributed by atoms with Crippen LogP contribution in [0.3, 0.4) is 0 Å². The molecule has 0 bridgehead atoms. The van der Waals surface area contributed by atoms with Crippen molar-refractivity contribution in [3.8, 4) is 11.3 Å². The van der Waals surface area contributed by atoms with Crippen molar-refractivity contribution in [2.45, 2.75) is 13.8 Å². The van der Waals surface area contributed by atoms with Crippen molar-refractivity contribution in [2.75, 3.05) is 45.9 Å². The number of morpholine rings is 1. The van der Waals surface area contributed by atoms with Crippen molar-refractivity contribution in [3.05, 3.63) is 41.1 Å². The van der Waals surface area contributed by atoms with E-state index in [4.69, 9.17) is 4.74 Å². The van der Waals surface area contributed by atoms with E-state index < -0.39 is 0 Å².